The van der Waals surface area contributed by atoms with Gasteiger partial charge in [0.1, 0.15) is 0 Å². The van der Waals surface area contributed by atoms with Gasteiger partial charge in [-0.25, -0.2) is 0 Å². The van der Waals surface area contributed by atoms with E-state index in [2.05, 4.69) is 10.3 Å². The molecule has 1 N–H and O–H groups in total. The number of hydrogen-bond donors (Lipinski definition) is 1. The van der Waals surface area contributed by atoms with E-state index in [1.165, 1.54) is 7.11 Å². The van der Waals surface area contributed by atoms with Gasteiger partial charge >= 0.3 is 5.97 Å². The van der Waals surface area contributed by atoms with Crippen molar-refractivity contribution >= 4 is 5.97 Å². The molecular formula is C12H16N2O2. The van der Waals surface area contributed by atoms with Gasteiger partial charge in [0.15, 0.2) is 0 Å². The van der Waals surface area contributed by atoms with Crippen LogP contribution in [0, 0.1) is 5.41 Å². The van der Waals surface area contributed by atoms with E-state index in [-0.39, 0.29) is 12.0 Å². The van der Waals surface area contributed by atoms with Crippen molar-refractivity contribution in [1.29, 1.82) is 0 Å². The van der Waals surface area contributed by atoms with Crippen LogP contribution in [0.4, 0.5) is 0 Å². The molecule has 1 unspecified atom stereocenters. The summed E-state index contributed by atoms with van der Waals surface area (Å²) in [5.41, 5.74) is 0.491. The molecule has 1 aliphatic rings. The van der Waals surface area contributed by atoms with Crippen molar-refractivity contribution in [2.24, 2.45) is 5.41 Å². The average molecular weight is 220 g/mol. The molecule has 2 rings (SSSR count). The summed E-state index contributed by atoms with van der Waals surface area (Å²) in [5.74, 6) is -0.141. The van der Waals surface area contributed by atoms with Crippen LogP contribution in [0.25, 0.3) is 0 Å². The third-order valence-electron chi connectivity index (χ3n) is 3.21. The topological polar surface area (TPSA) is 51.2 Å². The van der Waals surface area contributed by atoms with Crippen LogP contribution >= 0.6 is 0 Å². The Balaban J connectivity index is 2.27. The molecule has 0 aromatic carbocycles. The van der Waals surface area contributed by atoms with Gasteiger partial charge in [-0.3, -0.25) is 9.78 Å². The minimum atomic E-state index is -0.405. The van der Waals surface area contributed by atoms with Crippen molar-refractivity contribution in [3.05, 3.63) is 30.1 Å². The molecular weight excluding hydrogens is 204 g/mol. The van der Waals surface area contributed by atoms with Gasteiger partial charge in [0.05, 0.1) is 24.3 Å². The molecule has 0 amide bonds. The van der Waals surface area contributed by atoms with Crippen LogP contribution in [-0.2, 0) is 9.53 Å². The standard InChI is InChI=1S/C12H16N2O2/c1-13-10(9-5-3-4-8-14-9)12(6-7-12)11(15)16-2/h3-5,8,10,13H,6-7H2,1-2H3. The maximum Gasteiger partial charge on any atom is 0.313 e. The van der Waals surface area contributed by atoms with Crippen molar-refractivity contribution in [3.8, 4) is 0 Å². The number of carbonyl (C=O) groups excluding carboxylic acids is 1. The van der Waals surface area contributed by atoms with E-state index < -0.39 is 5.41 Å². The first-order valence-electron chi connectivity index (χ1n) is 5.41. The minimum Gasteiger partial charge on any atom is -0.469 e. The number of esters is 1. The number of methoxy groups -OCH3 is 1. The number of ether oxygens (including phenoxy) is 1. The van der Waals surface area contributed by atoms with Crippen LogP contribution in [0.15, 0.2) is 24.4 Å². The molecule has 4 nitrogen and oxygen atoms in total. The Morgan fingerprint density at radius 2 is 2.31 bits per heavy atom. The lowest BCUT2D eigenvalue weighted by molar-refractivity contribution is -0.148. The van der Waals surface area contributed by atoms with Crippen LogP contribution < -0.4 is 5.32 Å². The van der Waals surface area contributed by atoms with Crippen LogP contribution in [0.1, 0.15) is 24.6 Å². The molecule has 1 aromatic heterocycles. The maximum absolute atomic E-state index is 11.8. The Hall–Kier alpha value is -1.42. The maximum atomic E-state index is 11.8. The Bertz CT molecular complexity index is 374. The third-order valence-corrected chi connectivity index (χ3v) is 3.21. The Morgan fingerprint density at radius 1 is 1.56 bits per heavy atom. The second-order valence-electron chi connectivity index (χ2n) is 4.12. The number of hydrogen-bond acceptors (Lipinski definition) is 4. The number of nitrogens with one attached hydrogen (secondary N) is 1. The lowest BCUT2D eigenvalue weighted by atomic mass is 9.93. The first-order valence-corrected chi connectivity index (χ1v) is 5.41. The number of nitrogens with zero attached hydrogens (tertiary/aromatic N) is 1. The van der Waals surface area contributed by atoms with E-state index in [4.69, 9.17) is 4.74 Å². The summed E-state index contributed by atoms with van der Waals surface area (Å²) in [4.78, 5) is 16.1. The number of rotatable bonds is 4. The Kier molecular flexibility index (Phi) is 2.92. The van der Waals surface area contributed by atoms with Gasteiger partial charge in [0, 0.05) is 6.20 Å². The quantitative estimate of drug-likeness (QED) is 0.777. The van der Waals surface area contributed by atoms with Gasteiger partial charge in [-0.05, 0) is 32.0 Å². The van der Waals surface area contributed by atoms with E-state index >= 15 is 0 Å². The third kappa shape index (κ3) is 1.69. The van der Waals surface area contributed by atoms with E-state index in [9.17, 15) is 4.79 Å². The molecule has 1 saturated carbocycles. The van der Waals surface area contributed by atoms with Gasteiger partial charge in [0.25, 0.3) is 0 Å². The van der Waals surface area contributed by atoms with Crippen molar-refractivity contribution < 1.29 is 9.53 Å². The molecule has 16 heavy (non-hydrogen) atoms. The first kappa shape index (κ1) is 11.1. The van der Waals surface area contributed by atoms with Gasteiger partial charge in [-0.1, -0.05) is 6.07 Å². The predicted molar refractivity (Wildman–Crippen MR) is 59.7 cm³/mol. The van der Waals surface area contributed by atoms with Crippen LogP contribution in [0.2, 0.25) is 0 Å². The first-order chi connectivity index (χ1) is 7.74. The van der Waals surface area contributed by atoms with Gasteiger partial charge in [-0.2, -0.15) is 0 Å². The highest BCUT2D eigenvalue weighted by Crippen LogP contribution is 2.55. The fraction of sp³-hybridized carbons (Fsp3) is 0.500. The number of aromatic nitrogens is 1. The van der Waals surface area contributed by atoms with Crippen LogP contribution in [0.3, 0.4) is 0 Å². The minimum absolute atomic E-state index is 0.0545. The highest BCUT2D eigenvalue weighted by molar-refractivity contribution is 5.81. The molecule has 1 heterocycles. The molecule has 0 saturated heterocycles. The molecule has 1 aromatic rings. The summed E-state index contributed by atoms with van der Waals surface area (Å²) in [7, 11) is 3.29. The molecule has 0 aliphatic heterocycles. The Labute approximate surface area is 95.0 Å². The zero-order valence-corrected chi connectivity index (χ0v) is 9.56. The van der Waals surface area contributed by atoms with E-state index in [0.29, 0.717) is 0 Å². The van der Waals surface area contributed by atoms with E-state index in [1.54, 1.807) is 6.20 Å². The molecule has 1 atom stereocenters. The van der Waals surface area contributed by atoms with Gasteiger partial charge in [0.2, 0.25) is 0 Å². The van der Waals surface area contributed by atoms with Crippen LogP contribution in [-0.4, -0.2) is 25.1 Å². The lowest BCUT2D eigenvalue weighted by Gasteiger charge is -2.23. The predicted octanol–water partition coefficient (Wildman–Crippen LogP) is 1.30. The molecule has 4 heteroatoms. The summed E-state index contributed by atoms with van der Waals surface area (Å²) < 4.78 is 4.88. The summed E-state index contributed by atoms with van der Waals surface area (Å²) in [6.45, 7) is 0. The molecule has 1 fully saturated rings. The normalized spacial score (nSPS) is 18.9. The highest BCUT2D eigenvalue weighted by atomic mass is 16.5. The van der Waals surface area contributed by atoms with Gasteiger partial charge < -0.3 is 10.1 Å². The fourth-order valence-corrected chi connectivity index (χ4v) is 2.20. The zero-order valence-electron chi connectivity index (χ0n) is 9.56. The average Bonchev–Trinajstić information content (AvgIpc) is 3.12. The van der Waals surface area contributed by atoms with Crippen molar-refractivity contribution in [2.45, 2.75) is 18.9 Å². The van der Waals surface area contributed by atoms with E-state index in [1.807, 2.05) is 25.2 Å². The van der Waals surface area contributed by atoms with Crippen LogP contribution in [0.5, 0.6) is 0 Å². The number of carbonyl (C=O) groups is 1. The summed E-state index contributed by atoms with van der Waals surface area (Å²) in [6, 6.07) is 5.68. The largest absolute Gasteiger partial charge is 0.469 e. The molecule has 0 bridgehead atoms. The van der Waals surface area contributed by atoms with Crippen molar-refractivity contribution in [1.82, 2.24) is 10.3 Å². The summed E-state index contributed by atoms with van der Waals surface area (Å²) in [5, 5.41) is 3.17. The SMILES string of the molecule is CNC(c1ccccn1)C1(C(=O)OC)CC1. The monoisotopic (exact) mass is 220 g/mol. The van der Waals surface area contributed by atoms with E-state index in [0.717, 1.165) is 18.5 Å². The zero-order chi connectivity index (χ0) is 11.6. The molecule has 0 spiro atoms. The lowest BCUT2D eigenvalue weighted by Crippen LogP contribution is -2.33. The van der Waals surface area contributed by atoms with Crippen molar-refractivity contribution in [3.63, 3.8) is 0 Å². The Morgan fingerprint density at radius 3 is 2.75 bits per heavy atom. The molecule has 1 aliphatic carbocycles. The number of pyridine rings is 1. The smallest absolute Gasteiger partial charge is 0.313 e. The molecule has 86 valence electrons. The summed E-state index contributed by atoms with van der Waals surface area (Å²) >= 11 is 0. The summed E-state index contributed by atoms with van der Waals surface area (Å²) in [6.07, 6.45) is 3.47. The van der Waals surface area contributed by atoms with Gasteiger partial charge in [-0.15, -0.1) is 0 Å². The molecule has 0 radical (unpaired) electrons. The second-order valence-corrected chi connectivity index (χ2v) is 4.12. The second kappa shape index (κ2) is 4.22. The van der Waals surface area contributed by atoms with Crippen molar-refractivity contribution in [2.75, 3.05) is 14.2 Å². The fourth-order valence-electron chi connectivity index (χ4n) is 2.20. The highest BCUT2D eigenvalue weighted by Gasteiger charge is 2.57.